The minimum atomic E-state index is -1.23. The van der Waals surface area contributed by atoms with Crippen LogP contribution in [0.15, 0.2) is 36.4 Å². The number of rotatable bonds is 5. The molecule has 0 aromatic heterocycles. The predicted octanol–water partition coefficient (Wildman–Crippen LogP) is 2.00. The summed E-state index contributed by atoms with van der Waals surface area (Å²) in [5.74, 6) is -0.935. The number of hydrogen-bond donors (Lipinski definition) is 2. The summed E-state index contributed by atoms with van der Waals surface area (Å²) < 4.78 is 10.6. The number of carbonyl (C=O) groups is 3. The van der Waals surface area contributed by atoms with Gasteiger partial charge in [-0.1, -0.05) is 24.3 Å². The van der Waals surface area contributed by atoms with Crippen LogP contribution in [0.25, 0.3) is 0 Å². The number of imide groups is 1. The summed E-state index contributed by atoms with van der Waals surface area (Å²) in [4.78, 5) is 41.6. The molecule has 0 aliphatic carbocycles. The van der Waals surface area contributed by atoms with Crippen molar-refractivity contribution >= 4 is 23.4 Å². The molecule has 4 unspecified atom stereocenters. The van der Waals surface area contributed by atoms with Crippen molar-refractivity contribution in [2.24, 2.45) is 11.8 Å². The van der Waals surface area contributed by atoms with Gasteiger partial charge in [0.1, 0.15) is 5.54 Å². The number of hydrogen-bond acceptors (Lipinski definition) is 6. The third-order valence-corrected chi connectivity index (χ3v) is 7.27. The number of para-hydroxylation sites is 1. The Hall–Kier alpha value is -3.39. The summed E-state index contributed by atoms with van der Waals surface area (Å²) in [5, 5.41) is 6.29. The zero-order valence-electron chi connectivity index (χ0n) is 19.1. The number of amides is 3. The summed E-state index contributed by atoms with van der Waals surface area (Å²) >= 11 is 0. The Bertz CT molecular complexity index is 1180. The van der Waals surface area contributed by atoms with Gasteiger partial charge in [0.2, 0.25) is 17.7 Å². The van der Waals surface area contributed by atoms with Crippen LogP contribution in [0.3, 0.4) is 0 Å². The average Bonchev–Trinajstić information content (AvgIpc) is 3.37. The van der Waals surface area contributed by atoms with Crippen molar-refractivity contribution < 1.29 is 23.9 Å². The van der Waals surface area contributed by atoms with E-state index in [1.54, 1.807) is 20.3 Å². The summed E-state index contributed by atoms with van der Waals surface area (Å²) in [7, 11) is 3.14. The summed E-state index contributed by atoms with van der Waals surface area (Å²) in [6.45, 7) is 4.03. The fourth-order valence-electron chi connectivity index (χ4n) is 5.69. The van der Waals surface area contributed by atoms with E-state index in [9.17, 15) is 14.4 Å². The van der Waals surface area contributed by atoms with Gasteiger partial charge in [0.05, 0.1) is 26.1 Å². The molecule has 2 N–H and O–H groups in total. The maximum Gasteiger partial charge on any atom is 0.250 e. The first-order chi connectivity index (χ1) is 15.8. The third kappa shape index (κ3) is 2.90. The van der Waals surface area contributed by atoms with E-state index in [2.05, 4.69) is 10.6 Å². The second-order valence-electron chi connectivity index (χ2n) is 8.96. The number of likely N-dealkylation sites (tertiary alicyclic amines) is 1. The molecule has 8 nitrogen and oxygen atoms in total. The Labute approximate surface area is 192 Å². The van der Waals surface area contributed by atoms with Crippen LogP contribution >= 0.6 is 0 Å². The molecular formula is C25H27N3O5. The molecule has 2 fully saturated rings. The lowest BCUT2D eigenvalue weighted by Crippen LogP contribution is -2.53. The maximum atomic E-state index is 13.6. The molecular weight excluding hydrogens is 422 g/mol. The van der Waals surface area contributed by atoms with E-state index in [1.807, 2.05) is 44.2 Å². The van der Waals surface area contributed by atoms with Gasteiger partial charge in [-0.15, -0.1) is 0 Å². The van der Waals surface area contributed by atoms with Crippen LogP contribution in [0.5, 0.6) is 11.5 Å². The molecule has 0 saturated carbocycles. The Morgan fingerprint density at radius 1 is 1.03 bits per heavy atom. The van der Waals surface area contributed by atoms with Crippen molar-refractivity contribution in [3.8, 4) is 11.5 Å². The van der Waals surface area contributed by atoms with E-state index in [1.165, 1.54) is 4.90 Å². The Balaban J connectivity index is 1.45. The molecule has 4 atom stereocenters. The molecule has 5 rings (SSSR count). The second-order valence-corrected chi connectivity index (χ2v) is 8.96. The van der Waals surface area contributed by atoms with Crippen molar-refractivity contribution in [3.05, 3.63) is 53.1 Å². The minimum Gasteiger partial charge on any atom is -0.493 e. The first kappa shape index (κ1) is 21.5. The molecule has 3 aliphatic heterocycles. The minimum absolute atomic E-state index is 0.226. The number of nitrogens with one attached hydrogen (secondary N) is 2. The number of carbonyl (C=O) groups excluding carboxylic acids is 3. The first-order valence-electron chi connectivity index (χ1n) is 11.1. The lowest BCUT2D eigenvalue weighted by Gasteiger charge is -2.29. The quantitative estimate of drug-likeness (QED) is 0.678. The van der Waals surface area contributed by atoms with Crippen LogP contribution in [0.4, 0.5) is 5.69 Å². The molecule has 3 amide bonds. The Kier molecular flexibility index (Phi) is 4.93. The zero-order valence-corrected chi connectivity index (χ0v) is 19.1. The van der Waals surface area contributed by atoms with Crippen molar-refractivity contribution in [1.29, 1.82) is 0 Å². The molecule has 172 valence electrons. The smallest absolute Gasteiger partial charge is 0.250 e. The first-order valence-corrected chi connectivity index (χ1v) is 11.1. The number of anilines is 1. The van der Waals surface area contributed by atoms with Gasteiger partial charge in [-0.3, -0.25) is 24.6 Å². The SMILES string of the molecule is COc1ccc(CCN2C(=O)C3C(C)NC4(C(=O)Nc5c(C)cccc54)C3C2=O)cc1OC. The topological polar surface area (TPSA) is 97.0 Å². The molecule has 3 heterocycles. The van der Waals surface area contributed by atoms with Gasteiger partial charge in [0, 0.05) is 23.8 Å². The van der Waals surface area contributed by atoms with Gasteiger partial charge < -0.3 is 14.8 Å². The molecule has 33 heavy (non-hydrogen) atoms. The van der Waals surface area contributed by atoms with Crippen molar-refractivity contribution in [2.45, 2.75) is 31.8 Å². The van der Waals surface area contributed by atoms with E-state index in [-0.39, 0.29) is 30.3 Å². The van der Waals surface area contributed by atoms with Gasteiger partial charge in [-0.25, -0.2) is 0 Å². The standard InChI is InChI=1S/C25H27N3O5/c1-13-6-5-7-16-21(13)26-24(31)25(16)20-19(14(2)27-25)22(29)28(23(20)30)11-10-15-8-9-17(32-3)18(12-15)33-4/h5-9,12,14,19-20,27H,10-11H2,1-4H3,(H,26,31). The number of ether oxygens (including phenoxy) is 2. The maximum absolute atomic E-state index is 13.6. The van der Waals surface area contributed by atoms with E-state index in [0.717, 1.165) is 22.4 Å². The van der Waals surface area contributed by atoms with Crippen LogP contribution in [-0.2, 0) is 26.3 Å². The van der Waals surface area contributed by atoms with Crippen LogP contribution in [0, 0.1) is 18.8 Å². The van der Waals surface area contributed by atoms with Crippen molar-refractivity contribution in [1.82, 2.24) is 10.2 Å². The van der Waals surface area contributed by atoms with Crippen molar-refractivity contribution in [3.63, 3.8) is 0 Å². The highest BCUT2D eigenvalue weighted by atomic mass is 16.5. The zero-order chi connectivity index (χ0) is 23.5. The molecule has 2 saturated heterocycles. The molecule has 2 aromatic carbocycles. The highest BCUT2D eigenvalue weighted by Gasteiger charge is 2.69. The van der Waals surface area contributed by atoms with E-state index < -0.39 is 17.4 Å². The molecule has 3 aliphatic rings. The van der Waals surface area contributed by atoms with Gasteiger partial charge in [-0.05, 0) is 43.5 Å². The number of methoxy groups -OCH3 is 2. The fraction of sp³-hybridized carbons (Fsp3) is 0.400. The summed E-state index contributed by atoms with van der Waals surface area (Å²) in [6, 6.07) is 10.9. The number of aryl methyl sites for hydroxylation is 1. The molecule has 1 spiro atoms. The molecule has 0 bridgehead atoms. The Morgan fingerprint density at radius 2 is 1.79 bits per heavy atom. The normalized spacial score (nSPS) is 27.7. The molecule has 8 heteroatoms. The third-order valence-electron chi connectivity index (χ3n) is 7.27. The highest BCUT2D eigenvalue weighted by molar-refractivity contribution is 6.15. The van der Waals surface area contributed by atoms with Gasteiger partial charge in [0.15, 0.2) is 11.5 Å². The van der Waals surface area contributed by atoms with E-state index in [4.69, 9.17) is 9.47 Å². The van der Waals surface area contributed by atoms with Crippen LogP contribution < -0.4 is 20.1 Å². The summed E-state index contributed by atoms with van der Waals surface area (Å²) in [5.41, 5.74) is 2.10. The monoisotopic (exact) mass is 449 g/mol. The second kappa shape index (κ2) is 7.59. The van der Waals surface area contributed by atoms with Gasteiger partial charge in [0.25, 0.3) is 0 Å². The number of fused-ring (bicyclic) bond motifs is 4. The van der Waals surface area contributed by atoms with E-state index in [0.29, 0.717) is 17.9 Å². The van der Waals surface area contributed by atoms with Gasteiger partial charge >= 0.3 is 0 Å². The average molecular weight is 450 g/mol. The van der Waals surface area contributed by atoms with Crippen molar-refractivity contribution in [2.75, 3.05) is 26.1 Å². The predicted molar refractivity (Wildman–Crippen MR) is 121 cm³/mol. The number of nitrogens with zero attached hydrogens (tertiary/aromatic N) is 1. The lowest BCUT2D eigenvalue weighted by molar-refractivity contribution is -0.142. The van der Waals surface area contributed by atoms with E-state index >= 15 is 0 Å². The molecule has 0 radical (unpaired) electrons. The fourth-order valence-corrected chi connectivity index (χ4v) is 5.69. The number of benzene rings is 2. The highest BCUT2D eigenvalue weighted by Crippen LogP contribution is 2.53. The summed E-state index contributed by atoms with van der Waals surface area (Å²) in [6.07, 6.45) is 0.480. The largest absolute Gasteiger partial charge is 0.493 e. The van der Waals surface area contributed by atoms with Crippen LogP contribution in [0.2, 0.25) is 0 Å². The molecule has 2 aromatic rings. The van der Waals surface area contributed by atoms with Gasteiger partial charge in [-0.2, -0.15) is 0 Å². The lowest BCUT2D eigenvalue weighted by atomic mass is 9.76. The Morgan fingerprint density at radius 3 is 2.52 bits per heavy atom. The van der Waals surface area contributed by atoms with Crippen LogP contribution in [-0.4, -0.2) is 49.4 Å². The van der Waals surface area contributed by atoms with Crippen LogP contribution in [0.1, 0.15) is 23.6 Å².